The molecule has 0 fully saturated rings. The van der Waals surface area contributed by atoms with Gasteiger partial charge in [0, 0.05) is 6.04 Å². The Balaban J connectivity index is 2.87. The average molecular weight is 193 g/mol. The van der Waals surface area contributed by atoms with Crippen molar-refractivity contribution < 1.29 is 9.90 Å². The fraction of sp³-hybridized carbons (Fsp3) is 0.364. The Labute approximate surface area is 83.8 Å². The molecular weight excluding hydrogens is 178 g/mol. The second-order valence-corrected chi connectivity index (χ2v) is 3.18. The molecule has 0 radical (unpaired) electrons. The summed E-state index contributed by atoms with van der Waals surface area (Å²) < 4.78 is 0. The van der Waals surface area contributed by atoms with Gasteiger partial charge in [0.15, 0.2) is 0 Å². The predicted octanol–water partition coefficient (Wildman–Crippen LogP) is 2.06. The van der Waals surface area contributed by atoms with Crippen LogP contribution in [0.4, 0.5) is 0 Å². The fourth-order valence-corrected chi connectivity index (χ4v) is 1.46. The minimum absolute atomic E-state index is 0.304. The zero-order chi connectivity index (χ0) is 10.6. The van der Waals surface area contributed by atoms with Gasteiger partial charge in [-0.05, 0) is 31.2 Å². The molecule has 0 bridgehead atoms. The van der Waals surface area contributed by atoms with E-state index in [1.807, 2.05) is 19.2 Å². The van der Waals surface area contributed by atoms with E-state index in [-0.39, 0.29) is 0 Å². The first-order chi connectivity index (χ1) is 6.69. The standard InChI is InChI=1S/C11H15NO2/c1-3-10(12-2)8-4-6-9(7-5-8)11(13)14/h4-7,10,12H,3H2,1-2H3,(H,13,14). The largest absolute Gasteiger partial charge is 0.478 e. The maximum Gasteiger partial charge on any atom is 0.335 e. The lowest BCUT2D eigenvalue weighted by Gasteiger charge is -2.13. The van der Waals surface area contributed by atoms with Crippen LogP contribution in [0.3, 0.4) is 0 Å². The van der Waals surface area contributed by atoms with Crippen LogP contribution in [0, 0.1) is 0 Å². The molecule has 0 saturated heterocycles. The van der Waals surface area contributed by atoms with E-state index in [4.69, 9.17) is 5.11 Å². The Morgan fingerprint density at radius 1 is 1.43 bits per heavy atom. The van der Waals surface area contributed by atoms with Crippen molar-refractivity contribution in [2.24, 2.45) is 0 Å². The van der Waals surface area contributed by atoms with Gasteiger partial charge >= 0.3 is 5.97 Å². The molecule has 1 unspecified atom stereocenters. The van der Waals surface area contributed by atoms with Crippen LogP contribution in [0.2, 0.25) is 0 Å². The second kappa shape index (κ2) is 4.77. The molecule has 1 rings (SSSR count). The summed E-state index contributed by atoms with van der Waals surface area (Å²) >= 11 is 0. The van der Waals surface area contributed by atoms with Gasteiger partial charge in [0.05, 0.1) is 5.56 Å². The van der Waals surface area contributed by atoms with Gasteiger partial charge in [-0.3, -0.25) is 0 Å². The minimum atomic E-state index is -0.881. The molecule has 0 aliphatic rings. The Morgan fingerprint density at radius 3 is 2.36 bits per heavy atom. The van der Waals surface area contributed by atoms with Gasteiger partial charge in [0.2, 0.25) is 0 Å². The molecule has 0 aliphatic carbocycles. The Hall–Kier alpha value is -1.35. The van der Waals surface area contributed by atoms with Gasteiger partial charge in [-0.1, -0.05) is 19.1 Å². The van der Waals surface area contributed by atoms with Gasteiger partial charge in [-0.15, -0.1) is 0 Å². The van der Waals surface area contributed by atoms with E-state index in [1.165, 1.54) is 0 Å². The summed E-state index contributed by atoms with van der Waals surface area (Å²) in [6.45, 7) is 2.09. The first kappa shape index (κ1) is 10.7. The number of nitrogens with one attached hydrogen (secondary N) is 1. The molecule has 1 atom stereocenters. The summed E-state index contributed by atoms with van der Waals surface area (Å²) in [4.78, 5) is 10.6. The number of carboxylic acid groups (broad SMARTS) is 1. The lowest BCUT2D eigenvalue weighted by Crippen LogP contribution is -2.15. The molecule has 2 N–H and O–H groups in total. The third-order valence-electron chi connectivity index (χ3n) is 2.32. The highest BCUT2D eigenvalue weighted by molar-refractivity contribution is 5.87. The zero-order valence-electron chi connectivity index (χ0n) is 8.45. The summed E-state index contributed by atoms with van der Waals surface area (Å²) in [6.07, 6.45) is 0.989. The van der Waals surface area contributed by atoms with E-state index in [9.17, 15) is 4.79 Å². The van der Waals surface area contributed by atoms with Gasteiger partial charge in [-0.25, -0.2) is 4.79 Å². The first-order valence-electron chi connectivity index (χ1n) is 4.69. The summed E-state index contributed by atoms with van der Waals surface area (Å²) in [5.41, 5.74) is 1.46. The molecule has 76 valence electrons. The van der Waals surface area contributed by atoms with E-state index < -0.39 is 5.97 Å². The fourth-order valence-electron chi connectivity index (χ4n) is 1.46. The van der Waals surface area contributed by atoms with E-state index in [2.05, 4.69) is 12.2 Å². The van der Waals surface area contributed by atoms with E-state index in [1.54, 1.807) is 12.1 Å². The Kier molecular flexibility index (Phi) is 3.65. The SMILES string of the molecule is CCC(NC)c1ccc(C(=O)O)cc1. The third kappa shape index (κ3) is 2.33. The zero-order valence-corrected chi connectivity index (χ0v) is 8.45. The van der Waals surface area contributed by atoms with Crippen LogP contribution in [-0.4, -0.2) is 18.1 Å². The molecule has 1 aromatic carbocycles. The molecule has 14 heavy (non-hydrogen) atoms. The highest BCUT2D eigenvalue weighted by Crippen LogP contribution is 2.16. The maximum absolute atomic E-state index is 10.6. The minimum Gasteiger partial charge on any atom is -0.478 e. The van der Waals surface area contributed by atoms with Crippen molar-refractivity contribution in [2.45, 2.75) is 19.4 Å². The van der Waals surface area contributed by atoms with Gasteiger partial charge in [0.1, 0.15) is 0 Å². The van der Waals surface area contributed by atoms with Crippen molar-refractivity contribution >= 4 is 5.97 Å². The van der Waals surface area contributed by atoms with Crippen molar-refractivity contribution in [3.05, 3.63) is 35.4 Å². The van der Waals surface area contributed by atoms with Crippen LogP contribution in [0.1, 0.15) is 35.3 Å². The average Bonchev–Trinajstić information content (AvgIpc) is 2.20. The summed E-state index contributed by atoms with van der Waals surface area (Å²) in [5, 5.41) is 11.9. The van der Waals surface area contributed by atoms with E-state index in [0.29, 0.717) is 11.6 Å². The van der Waals surface area contributed by atoms with Crippen LogP contribution < -0.4 is 5.32 Å². The van der Waals surface area contributed by atoms with Crippen molar-refractivity contribution in [1.29, 1.82) is 0 Å². The van der Waals surface area contributed by atoms with Crippen molar-refractivity contribution in [3.8, 4) is 0 Å². The van der Waals surface area contributed by atoms with Crippen LogP contribution >= 0.6 is 0 Å². The molecule has 0 saturated carbocycles. The van der Waals surface area contributed by atoms with Crippen molar-refractivity contribution in [1.82, 2.24) is 5.32 Å². The number of aromatic carboxylic acids is 1. The molecule has 0 aliphatic heterocycles. The monoisotopic (exact) mass is 193 g/mol. The molecule has 0 spiro atoms. The summed E-state index contributed by atoms with van der Waals surface area (Å²) in [5.74, 6) is -0.881. The molecular formula is C11H15NO2. The Morgan fingerprint density at radius 2 is 2.00 bits per heavy atom. The third-order valence-corrected chi connectivity index (χ3v) is 2.32. The number of rotatable bonds is 4. The summed E-state index contributed by atoms with van der Waals surface area (Å²) in [7, 11) is 1.90. The smallest absolute Gasteiger partial charge is 0.335 e. The highest BCUT2D eigenvalue weighted by Gasteiger charge is 2.07. The number of benzene rings is 1. The van der Waals surface area contributed by atoms with E-state index >= 15 is 0 Å². The van der Waals surface area contributed by atoms with Gasteiger partial charge in [-0.2, -0.15) is 0 Å². The Bertz CT molecular complexity index is 302. The maximum atomic E-state index is 10.6. The topological polar surface area (TPSA) is 49.3 Å². The molecule has 0 heterocycles. The van der Waals surface area contributed by atoms with Crippen LogP contribution in [0.5, 0.6) is 0 Å². The highest BCUT2D eigenvalue weighted by atomic mass is 16.4. The molecule has 0 amide bonds. The molecule has 0 aromatic heterocycles. The van der Waals surface area contributed by atoms with Crippen molar-refractivity contribution in [2.75, 3.05) is 7.05 Å². The first-order valence-corrected chi connectivity index (χ1v) is 4.69. The number of hydrogen-bond acceptors (Lipinski definition) is 2. The van der Waals surface area contributed by atoms with Crippen LogP contribution in [0.25, 0.3) is 0 Å². The predicted molar refractivity (Wildman–Crippen MR) is 55.5 cm³/mol. The lowest BCUT2D eigenvalue weighted by molar-refractivity contribution is 0.0697. The number of carbonyl (C=O) groups is 1. The summed E-state index contributed by atoms with van der Waals surface area (Å²) in [6, 6.07) is 7.29. The van der Waals surface area contributed by atoms with Gasteiger partial charge in [0.25, 0.3) is 0 Å². The molecule has 1 aromatic rings. The quantitative estimate of drug-likeness (QED) is 0.769. The molecule has 3 nitrogen and oxygen atoms in total. The molecule has 3 heteroatoms. The number of hydrogen-bond donors (Lipinski definition) is 2. The van der Waals surface area contributed by atoms with E-state index in [0.717, 1.165) is 12.0 Å². The van der Waals surface area contributed by atoms with Crippen LogP contribution in [-0.2, 0) is 0 Å². The van der Waals surface area contributed by atoms with Crippen LogP contribution in [0.15, 0.2) is 24.3 Å². The van der Waals surface area contributed by atoms with Crippen molar-refractivity contribution in [3.63, 3.8) is 0 Å². The second-order valence-electron chi connectivity index (χ2n) is 3.18. The van der Waals surface area contributed by atoms with Gasteiger partial charge < -0.3 is 10.4 Å². The normalized spacial score (nSPS) is 12.4. The number of carboxylic acids is 1. The lowest BCUT2D eigenvalue weighted by atomic mass is 10.0.